The lowest BCUT2D eigenvalue weighted by molar-refractivity contribution is -0.144. The van der Waals surface area contributed by atoms with E-state index in [2.05, 4.69) is 5.32 Å². The van der Waals surface area contributed by atoms with Gasteiger partial charge in [0.1, 0.15) is 11.8 Å². The van der Waals surface area contributed by atoms with Crippen molar-refractivity contribution in [3.63, 3.8) is 0 Å². The minimum absolute atomic E-state index is 0.479. The molecule has 6 heteroatoms. The number of amides is 1. The first-order chi connectivity index (χ1) is 8.72. The minimum Gasteiger partial charge on any atom is -0.480 e. The van der Waals surface area contributed by atoms with Gasteiger partial charge in [-0.25, -0.2) is 0 Å². The number of rotatable bonds is 5. The van der Waals surface area contributed by atoms with Crippen molar-refractivity contribution in [3.05, 3.63) is 29.3 Å². The Hall–Kier alpha value is -1.75. The molecule has 0 saturated heterocycles. The molecule has 1 atom stereocenters. The summed E-state index contributed by atoms with van der Waals surface area (Å²) in [6.07, 6.45) is 0. The monoisotopic (exact) mass is 285 g/mol. The van der Waals surface area contributed by atoms with E-state index in [4.69, 9.17) is 21.4 Å². The number of carbonyl (C=O) groups is 2. The van der Waals surface area contributed by atoms with Crippen molar-refractivity contribution in [2.75, 3.05) is 0 Å². The third-order valence-electron chi connectivity index (χ3n) is 2.45. The molecule has 0 fully saturated rings. The maximum atomic E-state index is 11.9. The van der Waals surface area contributed by atoms with Gasteiger partial charge in [-0.1, -0.05) is 11.6 Å². The maximum absolute atomic E-state index is 11.9. The molecule has 2 N–H and O–H groups in total. The molecule has 0 aliphatic heterocycles. The van der Waals surface area contributed by atoms with E-state index >= 15 is 0 Å². The fourth-order valence-electron chi connectivity index (χ4n) is 1.28. The standard InChI is InChI=1S/C13H16ClNO4/c1-8(11(16)17)15-12(18)13(2,3)19-10-6-4-9(14)5-7-10/h4-8H,1-3H3,(H,15,18)(H,16,17). The zero-order valence-corrected chi connectivity index (χ0v) is 11.7. The zero-order chi connectivity index (χ0) is 14.6. The van der Waals surface area contributed by atoms with Crippen LogP contribution in [0.1, 0.15) is 20.8 Å². The maximum Gasteiger partial charge on any atom is 0.325 e. The van der Waals surface area contributed by atoms with Gasteiger partial charge in [0.25, 0.3) is 5.91 Å². The van der Waals surface area contributed by atoms with Crippen LogP contribution in [0.2, 0.25) is 5.02 Å². The first-order valence-corrected chi connectivity index (χ1v) is 6.08. The molecule has 104 valence electrons. The summed E-state index contributed by atoms with van der Waals surface area (Å²) in [4.78, 5) is 22.6. The molecule has 5 nitrogen and oxygen atoms in total. The van der Waals surface area contributed by atoms with Crippen molar-refractivity contribution in [3.8, 4) is 5.75 Å². The molecule has 1 aromatic carbocycles. The van der Waals surface area contributed by atoms with Gasteiger partial charge in [0.15, 0.2) is 5.60 Å². The van der Waals surface area contributed by atoms with E-state index in [0.717, 1.165) is 0 Å². The van der Waals surface area contributed by atoms with Crippen LogP contribution in [0.15, 0.2) is 24.3 Å². The summed E-state index contributed by atoms with van der Waals surface area (Å²) in [5.74, 6) is -1.12. The van der Waals surface area contributed by atoms with Crippen LogP contribution in [-0.4, -0.2) is 28.6 Å². The Morgan fingerprint density at radius 3 is 2.32 bits per heavy atom. The van der Waals surface area contributed by atoms with Crippen molar-refractivity contribution in [2.24, 2.45) is 0 Å². The first-order valence-electron chi connectivity index (χ1n) is 5.71. The van der Waals surface area contributed by atoms with Gasteiger partial charge < -0.3 is 15.2 Å². The minimum atomic E-state index is -1.18. The van der Waals surface area contributed by atoms with Gasteiger partial charge in [-0.05, 0) is 45.0 Å². The molecule has 1 amide bonds. The van der Waals surface area contributed by atoms with Gasteiger partial charge in [-0.15, -0.1) is 0 Å². The molecule has 0 aromatic heterocycles. The summed E-state index contributed by atoms with van der Waals surface area (Å²) in [7, 11) is 0. The van der Waals surface area contributed by atoms with Crippen LogP contribution >= 0.6 is 11.6 Å². The number of halogens is 1. The Balaban J connectivity index is 2.72. The van der Waals surface area contributed by atoms with Gasteiger partial charge in [-0.3, -0.25) is 9.59 Å². The molecule has 0 heterocycles. The molecular weight excluding hydrogens is 270 g/mol. The van der Waals surface area contributed by atoms with Gasteiger partial charge in [0.2, 0.25) is 0 Å². The van der Waals surface area contributed by atoms with Crippen molar-refractivity contribution in [1.82, 2.24) is 5.32 Å². The highest BCUT2D eigenvalue weighted by molar-refractivity contribution is 6.30. The highest BCUT2D eigenvalue weighted by atomic mass is 35.5. The van der Waals surface area contributed by atoms with E-state index in [1.165, 1.54) is 6.92 Å². The van der Waals surface area contributed by atoms with E-state index in [1.807, 2.05) is 0 Å². The lowest BCUT2D eigenvalue weighted by Crippen LogP contribution is -2.51. The van der Waals surface area contributed by atoms with Crippen LogP contribution in [0.3, 0.4) is 0 Å². The average molecular weight is 286 g/mol. The average Bonchev–Trinajstić information content (AvgIpc) is 2.31. The molecule has 0 spiro atoms. The summed E-state index contributed by atoms with van der Waals surface area (Å²) in [5.41, 5.74) is -1.18. The summed E-state index contributed by atoms with van der Waals surface area (Å²) in [6, 6.07) is 5.59. The Morgan fingerprint density at radius 2 is 1.84 bits per heavy atom. The number of hydrogen-bond donors (Lipinski definition) is 2. The van der Waals surface area contributed by atoms with E-state index in [-0.39, 0.29) is 0 Å². The molecule has 0 saturated carbocycles. The van der Waals surface area contributed by atoms with Crippen LogP contribution < -0.4 is 10.1 Å². The number of carbonyl (C=O) groups excluding carboxylic acids is 1. The van der Waals surface area contributed by atoms with Crippen molar-refractivity contribution >= 4 is 23.5 Å². The number of carboxylic acids is 1. The number of ether oxygens (including phenoxy) is 1. The van der Waals surface area contributed by atoms with E-state index in [9.17, 15) is 9.59 Å². The Morgan fingerprint density at radius 1 is 1.32 bits per heavy atom. The highest BCUT2D eigenvalue weighted by Gasteiger charge is 2.32. The molecule has 1 rings (SSSR count). The number of benzene rings is 1. The first kappa shape index (κ1) is 15.3. The predicted octanol–water partition coefficient (Wildman–Crippen LogP) is 2.09. The van der Waals surface area contributed by atoms with E-state index in [0.29, 0.717) is 10.8 Å². The van der Waals surface area contributed by atoms with Gasteiger partial charge in [0, 0.05) is 5.02 Å². The Labute approximate surface area is 116 Å². The molecular formula is C13H16ClNO4. The smallest absolute Gasteiger partial charge is 0.325 e. The summed E-state index contributed by atoms with van der Waals surface area (Å²) in [6.45, 7) is 4.51. The normalized spacial score (nSPS) is 12.6. The number of hydrogen-bond acceptors (Lipinski definition) is 3. The lowest BCUT2D eigenvalue weighted by atomic mass is 10.1. The summed E-state index contributed by atoms with van der Waals surface area (Å²) < 4.78 is 5.54. The van der Waals surface area contributed by atoms with Crippen LogP contribution in [0.25, 0.3) is 0 Å². The molecule has 0 radical (unpaired) electrons. The topological polar surface area (TPSA) is 75.6 Å². The highest BCUT2D eigenvalue weighted by Crippen LogP contribution is 2.21. The van der Waals surface area contributed by atoms with E-state index < -0.39 is 23.5 Å². The van der Waals surface area contributed by atoms with Crippen molar-refractivity contribution < 1.29 is 19.4 Å². The number of nitrogens with one attached hydrogen (secondary N) is 1. The third-order valence-corrected chi connectivity index (χ3v) is 2.70. The van der Waals surface area contributed by atoms with Crippen molar-refractivity contribution in [2.45, 2.75) is 32.4 Å². The predicted molar refractivity (Wildman–Crippen MR) is 71.4 cm³/mol. The van der Waals surface area contributed by atoms with Crippen LogP contribution in [0.4, 0.5) is 0 Å². The summed E-state index contributed by atoms with van der Waals surface area (Å²) in [5, 5.41) is 11.7. The fourth-order valence-corrected chi connectivity index (χ4v) is 1.40. The second-order valence-corrected chi connectivity index (χ2v) is 5.04. The zero-order valence-electron chi connectivity index (χ0n) is 10.9. The third kappa shape index (κ3) is 4.44. The number of aliphatic carboxylic acids is 1. The molecule has 0 aliphatic rings. The second-order valence-electron chi connectivity index (χ2n) is 4.60. The fraction of sp³-hybridized carbons (Fsp3) is 0.385. The quantitative estimate of drug-likeness (QED) is 0.868. The molecule has 0 bridgehead atoms. The van der Waals surface area contributed by atoms with Gasteiger partial charge in [-0.2, -0.15) is 0 Å². The van der Waals surface area contributed by atoms with E-state index in [1.54, 1.807) is 38.1 Å². The molecule has 1 aromatic rings. The molecule has 0 aliphatic carbocycles. The SMILES string of the molecule is CC(NC(=O)C(C)(C)Oc1ccc(Cl)cc1)C(=O)O. The van der Waals surface area contributed by atoms with Gasteiger partial charge in [0.05, 0.1) is 0 Å². The molecule has 19 heavy (non-hydrogen) atoms. The lowest BCUT2D eigenvalue weighted by Gasteiger charge is -2.26. The van der Waals surface area contributed by atoms with Crippen molar-refractivity contribution in [1.29, 1.82) is 0 Å². The Bertz CT molecular complexity index is 470. The second kappa shape index (κ2) is 5.93. The Kier molecular flexibility index (Phi) is 4.78. The van der Waals surface area contributed by atoms with Crippen LogP contribution in [0, 0.1) is 0 Å². The van der Waals surface area contributed by atoms with Gasteiger partial charge >= 0.3 is 5.97 Å². The number of carboxylic acid groups (broad SMARTS) is 1. The van der Waals surface area contributed by atoms with Crippen LogP contribution in [-0.2, 0) is 9.59 Å². The van der Waals surface area contributed by atoms with Crippen LogP contribution in [0.5, 0.6) is 5.75 Å². The molecule has 1 unspecified atom stereocenters. The largest absolute Gasteiger partial charge is 0.480 e. The summed E-state index contributed by atoms with van der Waals surface area (Å²) >= 11 is 5.75.